The minimum atomic E-state index is -3.62. The summed E-state index contributed by atoms with van der Waals surface area (Å²) in [7, 11) is -3.62. The third kappa shape index (κ3) is 5.93. The highest BCUT2D eigenvalue weighted by molar-refractivity contribution is 7.89. The maximum Gasteiger partial charge on any atom is 0.243 e. The highest BCUT2D eigenvalue weighted by atomic mass is 32.2. The first-order chi connectivity index (χ1) is 14.7. The zero-order valence-electron chi connectivity index (χ0n) is 18.8. The van der Waals surface area contributed by atoms with Gasteiger partial charge in [0.25, 0.3) is 0 Å². The molecule has 0 spiro atoms. The van der Waals surface area contributed by atoms with Gasteiger partial charge in [-0.3, -0.25) is 0 Å². The van der Waals surface area contributed by atoms with Crippen molar-refractivity contribution in [3.8, 4) is 5.75 Å². The normalized spacial score (nSPS) is 12.8. The molecule has 0 aliphatic carbocycles. The number of nitrogens with zero attached hydrogens (tertiary/aromatic N) is 2. The minimum Gasteiger partial charge on any atom is -0.486 e. The second kappa shape index (κ2) is 9.94. The van der Waals surface area contributed by atoms with Gasteiger partial charge in [0.05, 0.1) is 17.1 Å². The van der Waals surface area contributed by atoms with Gasteiger partial charge in [-0.15, -0.1) is 11.3 Å². The number of rotatable bonds is 9. The number of sulfonamides is 1. The molecule has 0 saturated heterocycles. The molecule has 3 rings (SSSR count). The molecule has 1 aromatic heterocycles. The zero-order valence-corrected chi connectivity index (χ0v) is 20.4. The van der Waals surface area contributed by atoms with Crippen molar-refractivity contribution in [3.05, 3.63) is 75.2 Å². The Balaban J connectivity index is 1.75. The molecule has 2 aromatic carbocycles. The maximum atomic E-state index is 13.3. The smallest absolute Gasteiger partial charge is 0.243 e. The van der Waals surface area contributed by atoms with E-state index in [2.05, 4.69) is 11.1 Å². The highest BCUT2D eigenvalue weighted by Crippen LogP contribution is 2.24. The standard InChI is InChI=1S/C24H30N2O3S2/c1-6-20(5)26(31(27,28)23-9-7-17(2)8-10-23)14-21-16-30-24(25-21)15-29-22-12-18(3)11-19(4)13-22/h7-13,16,20H,6,14-15H2,1-5H3/t20-/m0/s1. The average Bonchev–Trinajstić information content (AvgIpc) is 3.17. The summed E-state index contributed by atoms with van der Waals surface area (Å²) in [5.41, 5.74) is 4.07. The van der Waals surface area contributed by atoms with E-state index in [0.29, 0.717) is 11.5 Å². The highest BCUT2D eigenvalue weighted by Gasteiger charge is 2.29. The number of benzene rings is 2. The maximum absolute atomic E-state index is 13.3. The Kier molecular flexibility index (Phi) is 7.51. The fraction of sp³-hybridized carbons (Fsp3) is 0.375. The Morgan fingerprint density at radius 2 is 1.68 bits per heavy atom. The molecular weight excluding hydrogens is 428 g/mol. The Bertz CT molecular complexity index is 1100. The SMILES string of the molecule is CC[C@H](C)N(Cc1csc(COc2cc(C)cc(C)c2)n1)S(=O)(=O)c1ccc(C)cc1. The van der Waals surface area contributed by atoms with E-state index in [1.165, 1.54) is 11.3 Å². The monoisotopic (exact) mass is 458 g/mol. The summed E-state index contributed by atoms with van der Waals surface area (Å²) in [6.45, 7) is 10.6. The van der Waals surface area contributed by atoms with E-state index in [0.717, 1.165) is 39.6 Å². The van der Waals surface area contributed by atoms with Crippen LogP contribution in [0.4, 0.5) is 0 Å². The zero-order chi connectivity index (χ0) is 22.6. The van der Waals surface area contributed by atoms with Gasteiger partial charge in [0.2, 0.25) is 10.0 Å². The average molecular weight is 459 g/mol. The van der Waals surface area contributed by atoms with Gasteiger partial charge in [-0.1, -0.05) is 30.7 Å². The first-order valence-corrected chi connectivity index (χ1v) is 12.7. The van der Waals surface area contributed by atoms with Crippen LogP contribution in [0.15, 0.2) is 52.7 Å². The summed E-state index contributed by atoms with van der Waals surface area (Å²) >= 11 is 1.49. The second-order valence-corrected chi connectivity index (χ2v) is 10.8. The molecule has 3 aromatic rings. The van der Waals surface area contributed by atoms with Crippen molar-refractivity contribution in [1.82, 2.24) is 9.29 Å². The van der Waals surface area contributed by atoms with Gasteiger partial charge < -0.3 is 4.74 Å². The molecule has 1 atom stereocenters. The van der Waals surface area contributed by atoms with Crippen LogP contribution in [0.5, 0.6) is 5.75 Å². The predicted octanol–water partition coefficient (Wildman–Crippen LogP) is 5.64. The van der Waals surface area contributed by atoms with Gasteiger partial charge in [-0.05, 0) is 69.5 Å². The summed E-state index contributed by atoms with van der Waals surface area (Å²) in [6, 6.07) is 13.0. The molecule has 166 valence electrons. The molecule has 7 heteroatoms. The van der Waals surface area contributed by atoms with Gasteiger partial charge in [0.15, 0.2) is 0 Å². The molecule has 31 heavy (non-hydrogen) atoms. The van der Waals surface area contributed by atoms with Crippen molar-refractivity contribution in [2.45, 2.75) is 65.1 Å². The van der Waals surface area contributed by atoms with Crippen LogP contribution in [-0.2, 0) is 23.2 Å². The summed E-state index contributed by atoms with van der Waals surface area (Å²) in [6.07, 6.45) is 0.720. The molecule has 1 heterocycles. The van der Waals surface area contributed by atoms with Crippen LogP contribution < -0.4 is 4.74 Å². The summed E-state index contributed by atoms with van der Waals surface area (Å²) in [5.74, 6) is 0.817. The molecule has 0 unspecified atom stereocenters. The van der Waals surface area contributed by atoms with E-state index >= 15 is 0 Å². The van der Waals surface area contributed by atoms with Crippen LogP contribution in [0.3, 0.4) is 0 Å². The molecule has 0 aliphatic heterocycles. The van der Waals surface area contributed by atoms with Crippen molar-refractivity contribution in [3.63, 3.8) is 0 Å². The lowest BCUT2D eigenvalue weighted by Crippen LogP contribution is -2.37. The quantitative estimate of drug-likeness (QED) is 0.416. The van der Waals surface area contributed by atoms with E-state index in [-0.39, 0.29) is 12.6 Å². The van der Waals surface area contributed by atoms with Crippen molar-refractivity contribution < 1.29 is 13.2 Å². The topological polar surface area (TPSA) is 59.5 Å². The van der Waals surface area contributed by atoms with Gasteiger partial charge in [0, 0.05) is 11.4 Å². The first-order valence-electron chi connectivity index (χ1n) is 10.4. The fourth-order valence-corrected chi connectivity index (χ4v) is 5.71. The van der Waals surface area contributed by atoms with Crippen LogP contribution in [0.1, 0.15) is 47.7 Å². The summed E-state index contributed by atoms with van der Waals surface area (Å²) < 4.78 is 34.1. The molecule has 0 bridgehead atoms. The van der Waals surface area contributed by atoms with Gasteiger partial charge in [0.1, 0.15) is 17.4 Å². The molecule has 0 saturated carbocycles. The molecule has 0 radical (unpaired) electrons. The molecule has 0 amide bonds. The number of hydrogen-bond donors (Lipinski definition) is 0. The van der Waals surface area contributed by atoms with Crippen molar-refractivity contribution >= 4 is 21.4 Å². The largest absolute Gasteiger partial charge is 0.486 e. The van der Waals surface area contributed by atoms with Gasteiger partial charge in [-0.2, -0.15) is 4.31 Å². The Hall–Kier alpha value is -2.22. The van der Waals surface area contributed by atoms with Gasteiger partial charge in [-0.25, -0.2) is 13.4 Å². The van der Waals surface area contributed by atoms with Crippen LogP contribution >= 0.6 is 11.3 Å². The van der Waals surface area contributed by atoms with Crippen LogP contribution in [-0.4, -0.2) is 23.7 Å². The van der Waals surface area contributed by atoms with Crippen molar-refractivity contribution in [2.24, 2.45) is 0 Å². The van der Waals surface area contributed by atoms with E-state index in [1.807, 2.05) is 64.3 Å². The van der Waals surface area contributed by atoms with Crippen LogP contribution in [0, 0.1) is 20.8 Å². The lowest BCUT2D eigenvalue weighted by Gasteiger charge is -2.27. The fourth-order valence-electron chi connectivity index (χ4n) is 3.34. The molecule has 0 fully saturated rings. The van der Waals surface area contributed by atoms with E-state index in [9.17, 15) is 8.42 Å². The molecule has 0 N–H and O–H groups in total. The van der Waals surface area contributed by atoms with Crippen molar-refractivity contribution in [1.29, 1.82) is 0 Å². The molecule has 5 nitrogen and oxygen atoms in total. The summed E-state index contributed by atoms with van der Waals surface area (Å²) in [4.78, 5) is 4.95. The second-order valence-electron chi connectivity index (χ2n) is 7.97. The Morgan fingerprint density at radius 1 is 1.03 bits per heavy atom. The lowest BCUT2D eigenvalue weighted by molar-refractivity contribution is 0.302. The predicted molar refractivity (Wildman–Crippen MR) is 126 cm³/mol. The minimum absolute atomic E-state index is 0.136. The third-order valence-corrected chi connectivity index (χ3v) is 8.03. The number of hydrogen-bond acceptors (Lipinski definition) is 5. The van der Waals surface area contributed by atoms with E-state index in [4.69, 9.17) is 4.74 Å². The van der Waals surface area contributed by atoms with Crippen LogP contribution in [0.25, 0.3) is 0 Å². The lowest BCUT2D eigenvalue weighted by atomic mass is 10.1. The number of thiazole rings is 1. The summed E-state index contributed by atoms with van der Waals surface area (Å²) in [5, 5.41) is 2.74. The molecular formula is C24H30N2O3S2. The third-order valence-electron chi connectivity index (χ3n) is 5.18. The van der Waals surface area contributed by atoms with E-state index in [1.54, 1.807) is 16.4 Å². The Morgan fingerprint density at radius 3 is 2.29 bits per heavy atom. The molecule has 0 aliphatic rings. The number of ether oxygens (including phenoxy) is 1. The van der Waals surface area contributed by atoms with Crippen LogP contribution in [0.2, 0.25) is 0 Å². The number of aryl methyl sites for hydroxylation is 3. The van der Waals surface area contributed by atoms with Crippen molar-refractivity contribution in [2.75, 3.05) is 0 Å². The van der Waals surface area contributed by atoms with Gasteiger partial charge >= 0.3 is 0 Å². The Labute approximate surface area is 189 Å². The van der Waals surface area contributed by atoms with E-state index < -0.39 is 10.0 Å². The first kappa shape index (κ1) is 23.4. The number of aromatic nitrogens is 1.